The van der Waals surface area contributed by atoms with Gasteiger partial charge in [0.05, 0.1) is 27.8 Å². The van der Waals surface area contributed by atoms with Crippen LogP contribution in [0, 0.1) is 0 Å². The van der Waals surface area contributed by atoms with E-state index in [1.165, 1.54) is 22.3 Å². The molecule has 132 valence electrons. The van der Waals surface area contributed by atoms with Crippen molar-refractivity contribution in [1.29, 1.82) is 0 Å². The summed E-state index contributed by atoms with van der Waals surface area (Å²) in [4.78, 5) is 0. The molecular weight excluding hydrogens is 318 g/mol. The summed E-state index contributed by atoms with van der Waals surface area (Å²) < 4.78 is 11.5. The number of aromatic hydroxyl groups is 2. The lowest BCUT2D eigenvalue weighted by atomic mass is 9.81. The minimum atomic E-state index is 0.191. The number of likely N-dealkylation sites (N-methyl/N-ethyl adjacent to an activating group) is 1. The predicted molar refractivity (Wildman–Crippen MR) is 94.2 cm³/mol. The van der Waals surface area contributed by atoms with Crippen molar-refractivity contribution in [2.45, 2.75) is 25.4 Å². The minimum Gasteiger partial charge on any atom is -0.504 e. The Hall–Kier alpha value is -2.40. The van der Waals surface area contributed by atoms with Crippen molar-refractivity contribution in [2.24, 2.45) is 0 Å². The zero-order valence-electron chi connectivity index (χ0n) is 14.9. The second-order valence-corrected chi connectivity index (χ2v) is 7.35. The average Bonchev–Trinajstić information content (AvgIpc) is 2.59. The normalized spacial score (nSPS) is 24.0. The number of quaternary nitrogens is 1. The molecule has 5 heteroatoms. The van der Waals surface area contributed by atoms with Crippen LogP contribution in [0.1, 0.15) is 28.3 Å². The van der Waals surface area contributed by atoms with Crippen LogP contribution in [0.4, 0.5) is 0 Å². The monoisotopic (exact) mass is 342 g/mol. The van der Waals surface area contributed by atoms with Crippen LogP contribution in [0.15, 0.2) is 24.3 Å². The summed E-state index contributed by atoms with van der Waals surface area (Å²) in [5, 5.41) is 20.3. The maximum atomic E-state index is 10.2. The topological polar surface area (TPSA) is 58.9 Å². The van der Waals surface area contributed by atoms with Crippen LogP contribution in [-0.4, -0.2) is 42.5 Å². The molecule has 0 unspecified atom stereocenters. The van der Waals surface area contributed by atoms with Crippen LogP contribution in [-0.2, 0) is 19.4 Å². The summed E-state index contributed by atoms with van der Waals surface area (Å²) in [6.07, 6.45) is 1.79. The lowest BCUT2D eigenvalue weighted by Crippen LogP contribution is -2.53. The smallest absolute Gasteiger partial charge is 0.161 e. The molecule has 0 aromatic heterocycles. The van der Waals surface area contributed by atoms with Gasteiger partial charge in [-0.1, -0.05) is 0 Å². The molecule has 2 atom stereocenters. The van der Waals surface area contributed by atoms with E-state index in [2.05, 4.69) is 7.05 Å². The first-order chi connectivity index (χ1) is 11.9. The van der Waals surface area contributed by atoms with Gasteiger partial charge in [-0.3, -0.25) is 0 Å². The molecule has 5 nitrogen and oxygen atoms in total. The molecular formula is C20H24NO4+. The summed E-state index contributed by atoms with van der Waals surface area (Å²) in [6.45, 7) is 1.92. The van der Waals surface area contributed by atoms with Crippen LogP contribution >= 0.6 is 0 Å². The summed E-state index contributed by atoms with van der Waals surface area (Å²) in [6, 6.07) is 7.93. The molecule has 2 aliphatic heterocycles. The van der Waals surface area contributed by atoms with Gasteiger partial charge in [0.15, 0.2) is 23.0 Å². The van der Waals surface area contributed by atoms with E-state index < -0.39 is 0 Å². The zero-order chi connectivity index (χ0) is 17.8. The fraction of sp³-hybridized carbons (Fsp3) is 0.400. The molecule has 0 aliphatic carbocycles. The van der Waals surface area contributed by atoms with E-state index in [1.54, 1.807) is 14.2 Å². The predicted octanol–water partition coefficient (Wildman–Crippen LogP) is 2.92. The van der Waals surface area contributed by atoms with Crippen molar-refractivity contribution in [3.8, 4) is 23.0 Å². The first-order valence-corrected chi connectivity index (χ1v) is 8.58. The molecule has 0 bridgehead atoms. The number of phenols is 2. The number of benzene rings is 2. The second kappa shape index (κ2) is 5.56. The summed E-state index contributed by atoms with van der Waals surface area (Å²) in [7, 11) is 5.45. The summed E-state index contributed by atoms with van der Waals surface area (Å²) in [5.41, 5.74) is 4.84. The van der Waals surface area contributed by atoms with Gasteiger partial charge in [0, 0.05) is 24.0 Å². The SMILES string of the molecule is COc1cc2c(cc1O)C[C@@H]1c3cc(OC)c(O)cc3CC[N@+]1(C)C2. The number of fused-ring (bicyclic) bond motifs is 4. The number of hydrogen-bond acceptors (Lipinski definition) is 4. The third-order valence-electron chi connectivity index (χ3n) is 5.89. The first-order valence-electron chi connectivity index (χ1n) is 8.58. The Bertz CT molecular complexity index is 848. The highest BCUT2D eigenvalue weighted by Gasteiger charge is 2.43. The van der Waals surface area contributed by atoms with Crippen molar-refractivity contribution < 1.29 is 24.2 Å². The van der Waals surface area contributed by atoms with Crippen molar-refractivity contribution in [3.05, 3.63) is 46.5 Å². The van der Waals surface area contributed by atoms with Gasteiger partial charge in [-0.2, -0.15) is 0 Å². The molecule has 0 radical (unpaired) electrons. The molecule has 2 N–H and O–H groups in total. The molecule has 0 amide bonds. The van der Waals surface area contributed by atoms with Gasteiger partial charge >= 0.3 is 0 Å². The van der Waals surface area contributed by atoms with Gasteiger partial charge in [0.1, 0.15) is 12.6 Å². The van der Waals surface area contributed by atoms with Crippen LogP contribution in [0.3, 0.4) is 0 Å². The maximum absolute atomic E-state index is 10.2. The quantitative estimate of drug-likeness (QED) is 0.824. The van der Waals surface area contributed by atoms with Gasteiger partial charge in [-0.25, -0.2) is 0 Å². The largest absolute Gasteiger partial charge is 0.504 e. The zero-order valence-corrected chi connectivity index (χ0v) is 14.9. The van der Waals surface area contributed by atoms with Crippen LogP contribution in [0.2, 0.25) is 0 Å². The van der Waals surface area contributed by atoms with Gasteiger partial charge in [-0.05, 0) is 35.4 Å². The Morgan fingerprint density at radius 3 is 2.24 bits per heavy atom. The standard InChI is InChI=1S/C20H23NO4/c1-21-5-4-12-7-17(22)20(25-3)10-15(12)16(21)6-13-8-18(23)19(24-2)9-14(13)11-21/h7-10,16H,4-6,11H2,1-3H3,(H-,22,23)/p+1/t16-,21-/m1/s1. The molecule has 2 heterocycles. The third-order valence-corrected chi connectivity index (χ3v) is 5.89. The molecule has 2 aromatic rings. The summed E-state index contributed by atoms with van der Waals surface area (Å²) in [5.74, 6) is 1.45. The highest BCUT2D eigenvalue weighted by Crippen LogP contribution is 2.47. The van der Waals surface area contributed by atoms with E-state index in [0.29, 0.717) is 17.5 Å². The highest BCUT2D eigenvalue weighted by molar-refractivity contribution is 5.51. The molecule has 25 heavy (non-hydrogen) atoms. The number of methoxy groups -OCH3 is 2. The van der Waals surface area contributed by atoms with Crippen molar-refractivity contribution in [2.75, 3.05) is 27.8 Å². The minimum absolute atomic E-state index is 0.191. The molecule has 2 aromatic carbocycles. The molecule has 0 spiro atoms. The number of ether oxygens (including phenoxy) is 2. The first kappa shape index (κ1) is 16.1. The third kappa shape index (κ3) is 2.42. The molecule has 0 saturated heterocycles. The lowest BCUT2D eigenvalue weighted by Gasteiger charge is -2.49. The van der Waals surface area contributed by atoms with Crippen molar-refractivity contribution >= 4 is 0 Å². The van der Waals surface area contributed by atoms with E-state index in [4.69, 9.17) is 9.47 Å². The van der Waals surface area contributed by atoms with Gasteiger partial charge < -0.3 is 24.2 Å². The Balaban J connectivity index is 1.82. The Morgan fingerprint density at radius 2 is 1.56 bits per heavy atom. The van der Waals surface area contributed by atoms with Crippen LogP contribution < -0.4 is 9.47 Å². The molecule has 4 rings (SSSR count). The van der Waals surface area contributed by atoms with Gasteiger partial charge in [0.25, 0.3) is 0 Å². The Labute approximate surface area is 147 Å². The van der Waals surface area contributed by atoms with Gasteiger partial charge in [0.2, 0.25) is 0 Å². The van der Waals surface area contributed by atoms with E-state index in [-0.39, 0.29) is 11.5 Å². The van der Waals surface area contributed by atoms with E-state index in [0.717, 1.165) is 30.4 Å². The maximum Gasteiger partial charge on any atom is 0.161 e. The molecule has 0 saturated carbocycles. The average molecular weight is 342 g/mol. The highest BCUT2D eigenvalue weighted by atomic mass is 16.5. The van der Waals surface area contributed by atoms with Crippen LogP contribution in [0.25, 0.3) is 0 Å². The number of hydrogen-bond donors (Lipinski definition) is 2. The second-order valence-electron chi connectivity index (χ2n) is 7.35. The Kier molecular flexibility index (Phi) is 3.58. The summed E-state index contributed by atoms with van der Waals surface area (Å²) >= 11 is 0. The number of phenolic OH excluding ortho intramolecular Hbond substituents is 2. The molecule has 2 aliphatic rings. The number of nitrogens with zero attached hydrogens (tertiary/aromatic N) is 1. The van der Waals surface area contributed by atoms with E-state index in [1.807, 2.05) is 24.3 Å². The van der Waals surface area contributed by atoms with Crippen molar-refractivity contribution in [1.82, 2.24) is 0 Å². The number of rotatable bonds is 2. The van der Waals surface area contributed by atoms with E-state index in [9.17, 15) is 10.2 Å². The fourth-order valence-electron chi connectivity index (χ4n) is 4.46. The van der Waals surface area contributed by atoms with Crippen molar-refractivity contribution in [3.63, 3.8) is 0 Å². The lowest BCUT2D eigenvalue weighted by molar-refractivity contribution is -0.956. The Morgan fingerprint density at radius 1 is 0.920 bits per heavy atom. The van der Waals surface area contributed by atoms with E-state index >= 15 is 0 Å². The van der Waals surface area contributed by atoms with Gasteiger partial charge in [-0.15, -0.1) is 0 Å². The van der Waals surface area contributed by atoms with Crippen LogP contribution in [0.5, 0.6) is 23.0 Å². The fourth-order valence-corrected chi connectivity index (χ4v) is 4.46. The molecule has 0 fully saturated rings.